The van der Waals surface area contributed by atoms with Gasteiger partial charge in [-0.3, -0.25) is 4.79 Å². The third-order valence-corrected chi connectivity index (χ3v) is 7.17. The minimum Gasteiger partial charge on any atom is -0.495 e. The number of anilines is 1. The van der Waals surface area contributed by atoms with Crippen molar-refractivity contribution in [1.29, 1.82) is 0 Å². The number of carbonyl (C=O) groups excluding carboxylic acids is 1. The first-order chi connectivity index (χ1) is 13.7. The summed E-state index contributed by atoms with van der Waals surface area (Å²) in [6.07, 6.45) is 0.980. The number of hydrogen-bond acceptors (Lipinski definition) is 4. The van der Waals surface area contributed by atoms with Gasteiger partial charge in [-0.2, -0.15) is 4.31 Å². The van der Waals surface area contributed by atoms with E-state index < -0.39 is 10.0 Å². The number of rotatable bonds is 5. The zero-order valence-corrected chi connectivity index (χ0v) is 18.2. The van der Waals surface area contributed by atoms with Gasteiger partial charge in [0.2, 0.25) is 15.9 Å². The molecule has 0 spiro atoms. The van der Waals surface area contributed by atoms with E-state index in [9.17, 15) is 13.2 Å². The average Bonchev–Trinajstić information content (AvgIpc) is 2.67. The van der Waals surface area contributed by atoms with Gasteiger partial charge in [0.1, 0.15) is 10.6 Å². The Hall–Kier alpha value is -2.38. The van der Waals surface area contributed by atoms with Gasteiger partial charge >= 0.3 is 0 Å². The SMILES string of the molecule is COc1ccc(C)cc1S(=O)(=O)N1CCC(C(=O)Nc2cc(C)cc(C)c2)CC1. The van der Waals surface area contributed by atoms with Gasteiger partial charge in [-0.05, 0) is 74.6 Å². The number of amides is 1. The zero-order valence-electron chi connectivity index (χ0n) is 17.4. The fraction of sp³-hybridized carbons (Fsp3) is 0.409. The van der Waals surface area contributed by atoms with Crippen LogP contribution >= 0.6 is 0 Å². The van der Waals surface area contributed by atoms with Gasteiger partial charge in [-0.25, -0.2) is 8.42 Å². The van der Waals surface area contributed by atoms with Crippen LogP contribution in [-0.4, -0.2) is 38.8 Å². The Labute approximate surface area is 172 Å². The van der Waals surface area contributed by atoms with E-state index in [4.69, 9.17) is 4.74 Å². The van der Waals surface area contributed by atoms with Crippen molar-refractivity contribution >= 4 is 21.6 Å². The van der Waals surface area contributed by atoms with E-state index in [1.54, 1.807) is 12.1 Å². The number of benzene rings is 2. The minimum atomic E-state index is -3.67. The van der Waals surface area contributed by atoms with Gasteiger partial charge in [-0.15, -0.1) is 0 Å². The first-order valence-electron chi connectivity index (χ1n) is 9.74. The van der Waals surface area contributed by atoms with Crippen LogP contribution in [-0.2, 0) is 14.8 Å². The van der Waals surface area contributed by atoms with E-state index >= 15 is 0 Å². The number of nitrogens with one attached hydrogen (secondary N) is 1. The van der Waals surface area contributed by atoms with Crippen molar-refractivity contribution in [3.05, 3.63) is 53.1 Å². The second kappa shape index (κ2) is 8.55. The highest BCUT2D eigenvalue weighted by Gasteiger charge is 2.33. The molecule has 29 heavy (non-hydrogen) atoms. The van der Waals surface area contributed by atoms with Crippen LogP contribution in [0.3, 0.4) is 0 Å². The van der Waals surface area contributed by atoms with E-state index in [2.05, 4.69) is 11.4 Å². The Kier molecular flexibility index (Phi) is 6.29. The lowest BCUT2D eigenvalue weighted by atomic mass is 9.97. The van der Waals surface area contributed by atoms with Crippen molar-refractivity contribution in [2.75, 3.05) is 25.5 Å². The molecule has 1 saturated heterocycles. The third kappa shape index (κ3) is 4.79. The Morgan fingerprint density at radius 3 is 2.21 bits per heavy atom. The van der Waals surface area contributed by atoms with Gasteiger partial charge in [-0.1, -0.05) is 12.1 Å². The summed E-state index contributed by atoms with van der Waals surface area (Å²) in [5.74, 6) is 0.0761. The molecule has 1 aliphatic rings. The second-order valence-electron chi connectivity index (χ2n) is 7.70. The van der Waals surface area contributed by atoms with Gasteiger partial charge < -0.3 is 10.1 Å². The number of methoxy groups -OCH3 is 1. The molecule has 0 bridgehead atoms. The maximum Gasteiger partial charge on any atom is 0.246 e. The van der Waals surface area contributed by atoms with Gasteiger partial charge in [0, 0.05) is 24.7 Å². The molecule has 0 unspecified atom stereocenters. The van der Waals surface area contributed by atoms with Crippen molar-refractivity contribution in [2.45, 2.75) is 38.5 Å². The number of aryl methyl sites for hydroxylation is 3. The standard InChI is InChI=1S/C22H28N2O4S/c1-15-5-6-20(28-4)21(14-15)29(26,27)24-9-7-18(8-10-24)22(25)23-19-12-16(2)11-17(3)13-19/h5-6,11-14,18H,7-10H2,1-4H3,(H,23,25). The molecule has 0 aliphatic carbocycles. The van der Waals surface area contributed by atoms with Crippen LogP contribution in [0.15, 0.2) is 41.3 Å². The number of hydrogen-bond donors (Lipinski definition) is 1. The van der Waals surface area contributed by atoms with Crippen molar-refractivity contribution in [3.63, 3.8) is 0 Å². The summed E-state index contributed by atoms with van der Waals surface area (Å²) < 4.78 is 32.9. The fourth-order valence-electron chi connectivity index (χ4n) is 3.77. The Morgan fingerprint density at radius 1 is 1.00 bits per heavy atom. The summed E-state index contributed by atoms with van der Waals surface area (Å²) in [7, 11) is -2.20. The molecule has 0 radical (unpaired) electrons. The lowest BCUT2D eigenvalue weighted by Gasteiger charge is -2.31. The molecule has 1 N–H and O–H groups in total. The van der Waals surface area contributed by atoms with Crippen molar-refractivity contribution < 1.29 is 17.9 Å². The van der Waals surface area contributed by atoms with Crippen molar-refractivity contribution in [3.8, 4) is 5.75 Å². The summed E-state index contributed by atoms with van der Waals surface area (Å²) in [6, 6.07) is 11.1. The molecule has 2 aromatic carbocycles. The van der Waals surface area contributed by atoms with Gasteiger partial charge in [0.05, 0.1) is 7.11 Å². The predicted molar refractivity (Wildman–Crippen MR) is 114 cm³/mol. The maximum absolute atomic E-state index is 13.1. The van der Waals surface area contributed by atoms with E-state index in [0.717, 1.165) is 22.4 Å². The largest absolute Gasteiger partial charge is 0.495 e. The third-order valence-electron chi connectivity index (χ3n) is 5.25. The second-order valence-corrected chi connectivity index (χ2v) is 9.60. The molecule has 0 aromatic heterocycles. The average molecular weight is 417 g/mol. The number of nitrogens with zero attached hydrogens (tertiary/aromatic N) is 1. The van der Waals surface area contributed by atoms with Crippen LogP contribution in [0.25, 0.3) is 0 Å². The zero-order chi connectivity index (χ0) is 21.2. The highest BCUT2D eigenvalue weighted by Crippen LogP contribution is 2.31. The lowest BCUT2D eigenvalue weighted by Crippen LogP contribution is -2.41. The molecule has 1 heterocycles. The number of piperidine rings is 1. The molecular formula is C22H28N2O4S. The van der Waals surface area contributed by atoms with Crippen molar-refractivity contribution in [2.24, 2.45) is 5.92 Å². The summed E-state index contributed by atoms with van der Waals surface area (Å²) in [5, 5.41) is 2.98. The van der Waals surface area contributed by atoms with E-state index in [1.165, 1.54) is 11.4 Å². The summed E-state index contributed by atoms with van der Waals surface area (Å²) in [4.78, 5) is 12.8. The number of sulfonamides is 1. The van der Waals surface area contributed by atoms with Gasteiger partial charge in [0.25, 0.3) is 0 Å². The van der Waals surface area contributed by atoms with Crippen LogP contribution in [0.4, 0.5) is 5.69 Å². The van der Waals surface area contributed by atoms with E-state index in [-0.39, 0.29) is 16.7 Å². The number of carbonyl (C=O) groups is 1. The lowest BCUT2D eigenvalue weighted by molar-refractivity contribution is -0.120. The normalized spacial score (nSPS) is 15.9. The quantitative estimate of drug-likeness (QED) is 0.807. The van der Waals surface area contributed by atoms with Crippen LogP contribution in [0.2, 0.25) is 0 Å². The maximum atomic E-state index is 13.1. The first-order valence-corrected chi connectivity index (χ1v) is 11.2. The topological polar surface area (TPSA) is 75.7 Å². The molecule has 0 atom stereocenters. The highest BCUT2D eigenvalue weighted by atomic mass is 32.2. The molecule has 2 aromatic rings. The summed E-state index contributed by atoms with van der Waals surface area (Å²) in [6.45, 7) is 6.45. The van der Waals surface area contributed by atoms with E-state index in [0.29, 0.717) is 31.7 Å². The molecule has 0 saturated carbocycles. The minimum absolute atomic E-state index is 0.0554. The predicted octanol–water partition coefficient (Wildman–Crippen LogP) is 3.66. The smallest absolute Gasteiger partial charge is 0.246 e. The monoisotopic (exact) mass is 416 g/mol. The first kappa shape index (κ1) is 21.3. The Morgan fingerprint density at radius 2 is 1.62 bits per heavy atom. The molecule has 1 fully saturated rings. The summed E-state index contributed by atoms with van der Waals surface area (Å²) in [5.41, 5.74) is 3.82. The van der Waals surface area contributed by atoms with Crippen LogP contribution in [0.1, 0.15) is 29.5 Å². The highest BCUT2D eigenvalue weighted by molar-refractivity contribution is 7.89. The molecule has 1 aliphatic heterocycles. The van der Waals surface area contributed by atoms with Crippen LogP contribution in [0, 0.1) is 26.7 Å². The van der Waals surface area contributed by atoms with E-state index in [1.807, 2.05) is 39.0 Å². The molecule has 3 rings (SSSR count). The Bertz CT molecular complexity index is 989. The Balaban J connectivity index is 1.68. The molecule has 7 heteroatoms. The summed E-state index contributed by atoms with van der Waals surface area (Å²) >= 11 is 0. The number of ether oxygens (including phenoxy) is 1. The fourth-order valence-corrected chi connectivity index (χ4v) is 5.48. The molecular weight excluding hydrogens is 388 g/mol. The molecule has 156 valence electrons. The van der Waals surface area contributed by atoms with Crippen LogP contribution in [0.5, 0.6) is 5.75 Å². The van der Waals surface area contributed by atoms with Crippen molar-refractivity contribution in [1.82, 2.24) is 4.31 Å². The van der Waals surface area contributed by atoms with Gasteiger partial charge in [0.15, 0.2) is 0 Å². The molecule has 1 amide bonds. The van der Waals surface area contributed by atoms with Crippen LogP contribution < -0.4 is 10.1 Å². The molecule has 6 nitrogen and oxygen atoms in total.